The highest BCUT2D eigenvalue weighted by molar-refractivity contribution is 8.00. The number of amides is 1. The minimum absolute atomic E-state index is 0.0847. The van der Waals surface area contributed by atoms with E-state index in [0.717, 1.165) is 36.7 Å². The van der Waals surface area contributed by atoms with Crippen molar-refractivity contribution in [2.24, 2.45) is 0 Å². The third kappa shape index (κ3) is 4.56. The van der Waals surface area contributed by atoms with Crippen LogP contribution in [0.1, 0.15) is 70.2 Å². The molecule has 1 unspecified atom stereocenters. The molecule has 0 N–H and O–H groups in total. The number of nitrogens with zero attached hydrogens (tertiary/aromatic N) is 3. The first kappa shape index (κ1) is 19.4. The summed E-state index contributed by atoms with van der Waals surface area (Å²) >= 11 is 1.62. The van der Waals surface area contributed by atoms with Gasteiger partial charge in [0.25, 0.3) is 0 Å². The smallest absolute Gasteiger partial charge is 0.235 e. The standard InChI is InChI=1S/C19H33N3OS/c1-6-7-13-22-15(3)14(2)20-19(22)24-16(4)18(23)21(5)17-11-9-8-10-12-17/h16-17H,6-13H2,1-5H3. The van der Waals surface area contributed by atoms with Crippen LogP contribution in [0, 0.1) is 13.8 Å². The van der Waals surface area contributed by atoms with Gasteiger partial charge in [0.05, 0.1) is 10.9 Å². The lowest BCUT2D eigenvalue weighted by atomic mass is 9.94. The first-order valence-electron chi connectivity index (χ1n) is 9.42. The lowest BCUT2D eigenvalue weighted by Gasteiger charge is -2.32. The molecule has 2 rings (SSSR count). The van der Waals surface area contributed by atoms with Gasteiger partial charge in [-0.25, -0.2) is 4.98 Å². The van der Waals surface area contributed by atoms with Gasteiger partial charge >= 0.3 is 0 Å². The number of unbranched alkanes of at least 4 members (excludes halogenated alkanes) is 1. The fourth-order valence-electron chi connectivity index (χ4n) is 3.44. The summed E-state index contributed by atoms with van der Waals surface area (Å²) < 4.78 is 2.29. The molecule has 0 radical (unpaired) electrons. The Morgan fingerprint density at radius 3 is 2.62 bits per heavy atom. The van der Waals surface area contributed by atoms with Crippen molar-refractivity contribution in [2.75, 3.05) is 7.05 Å². The highest BCUT2D eigenvalue weighted by Crippen LogP contribution is 2.28. The van der Waals surface area contributed by atoms with E-state index in [4.69, 9.17) is 4.98 Å². The highest BCUT2D eigenvalue weighted by atomic mass is 32.2. The van der Waals surface area contributed by atoms with Crippen LogP contribution in [0.2, 0.25) is 0 Å². The number of hydrogen-bond acceptors (Lipinski definition) is 3. The number of hydrogen-bond donors (Lipinski definition) is 0. The molecule has 1 heterocycles. The molecule has 1 atom stereocenters. The predicted octanol–water partition coefficient (Wildman–Crippen LogP) is 4.57. The molecule has 0 bridgehead atoms. The summed E-state index contributed by atoms with van der Waals surface area (Å²) in [6, 6.07) is 0.428. The zero-order valence-electron chi connectivity index (χ0n) is 16.0. The van der Waals surface area contributed by atoms with Gasteiger partial charge in [-0.1, -0.05) is 44.4 Å². The van der Waals surface area contributed by atoms with Gasteiger partial charge in [-0.15, -0.1) is 0 Å². The zero-order chi connectivity index (χ0) is 17.7. The molecule has 24 heavy (non-hydrogen) atoms. The largest absolute Gasteiger partial charge is 0.342 e. The van der Waals surface area contributed by atoms with E-state index in [9.17, 15) is 4.79 Å². The van der Waals surface area contributed by atoms with Crippen LogP contribution in [0.5, 0.6) is 0 Å². The molecule has 1 fully saturated rings. The van der Waals surface area contributed by atoms with Gasteiger partial charge in [-0.2, -0.15) is 0 Å². The van der Waals surface area contributed by atoms with E-state index >= 15 is 0 Å². The summed E-state index contributed by atoms with van der Waals surface area (Å²) in [6.07, 6.45) is 8.45. The van der Waals surface area contributed by atoms with Crippen LogP contribution in [-0.2, 0) is 11.3 Å². The van der Waals surface area contributed by atoms with Gasteiger partial charge in [0.15, 0.2) is 5.16 Å². The molecule has 1 aromatic heterocycles. The minimum atomic E-state index is -0.0847. The van der Waals surface area contributed by atoms with Crippen molar-refractivity contribution in [2.45, 2.75) is 95.6 Å². The molecule has 0 spiro atoms. The van der Waals surface area contributed by atoms with E-state index in [-0.39, 0.29) is 11.2 Å². The van der Waals surface area contributed by atoms with Crippen molar-refractivity contribution >= 4 is 17.7 Å². The molecule has 1 aromatic rings. The molecule has 1 amide bonds. The molecule has 1 saturated carbocycles. The Bertz CT molecular complexity index is 549. The average molecular weight is 352 g/mol. The van der Waals surface area contributed by atoms with Gasteiger partial charge in [-0.3, -0.25) is 4.79 Å². The Morgan fingerprint density at radius 1 is 1.33 bits per heavy atom. The van der Waals surface area contributed by atoms with Crippen molar-refractivity contribution in [3.05, 3.63) is 11.4 Å². The van der Waals surface area contributed by atoms with Crippen LogP contribution in [0.3, 0.4) is 0 Å². The van der Waals surface area contributed by atoms with Crippen molar-refractivity contribution in [1.82, 2.24) is 14.5 Å². The molecule has 5 heteroatoms. The Hall–Kier alpha value is -0.970. The van der Waals surface area contributed by atoms with E-state index in [2.05, 4.69) is 25.3 Å². The summed E-state index contributed by atoms with van der Waals surface area (Å²) in [5.74, 6) is 0.243. The quantitative estimate of drug-likeness (QED) is 0.675. The van der Waals surface area contributed by atoms with Crippen LogP contribution < -0.4 is 0 Å². The maximum Gasteiger partial charge on any atom is 0.235 e. The van der Waals surface area contributed by atoms with Crippen LogP contribution in [0.15, 0.2) is 5.16 Å². The average Bonchev–Trinajstić information content (AvgIpc) is 2.86. The number of carbonyl (C=O) groups excluding carboxylic acids is 1. The van der Waals surface area contributed by atoms with Gasteiger partial charge < -0.3 is 9.47 Å². The molecule has 136 valence electrons. The molecular formula is C19H33N3OS. The van der Waals surface area contributed by atoms with E-state index in [1.165, 1.54) is 31.4 Å². The summed E-state index contributed by atoms with van der Waals surface area (Å²) in [5.41, 5.74) is 2.31. The molecule has 0 saturated heterocycles. The van der Waals surface area contributed by atoms with Crippen molar-refractivity contribution in [3.8, 4) is 0 Å². The fraction of sp³-hybridized carbons (Fsp3) is 0.789. The third-order valence-corrected chi connectivity index (χ3v) is 6.34. The highest BCUT2D eigenvalue weighted by Gasteiger charge is 2.27. The van der Waals surface area contributed by atoms with E-state index < -0.39 is 0 Å². The lowest BCUT2D eigenvalue weighted by Crippen LogP contribution is -2.42. The molecule has 0 aromatic carbocycles. The van der Waals surface area contributed by atoms with Crippen LogP contribution in [0.4, 0.5) is 0 Å². The Morgan fingerprint density at radius 2 is 2.00 bits per heavy atom. The second-order valence-corrected chi connectivity index (χ2v) is 8.38. The topological polar surface area (TPSA) is 38.1 Å². The first-order chi connectivity index (χ1) is 11.5. The molecule has 4 nitrogen and oxygen atoms in total. The van der Waals surface area contributed by atoms with Gasteiger partial charge in [0.1, 0.15) is 0 Å². The van der Waals surface area contributed by atoms with E-state index in [1.807, 2.05) is 18.9 Å². The first-order valence-corrected chi connectivity index (χ1v) is 10.3. The molecule has 1 aliphatic rings. The number of aryl methyl sites for hydroxylation is 1. The van der Waals surface area contributed by atoms with Crippen LogP contribution >= 0.6 is 11.8 Å². The number of imidazole rings is 1. The molecule has 1 aliphatic carbocycles. The molecule has 0 aliphatic heterocycles. The number of carbonyl (C=O) groups is 1. The molecular weight excluding hydrogens is 318 g/mol. The second-order valence-electron chi connectivity index (χ2n) is 7.07. The Balaban J connectivity index is 2.04. The monoisotopic (exact) mass is 351 g/mol. The number of aromatic nitrogens is 2. The minimum Gasteiger partial charge on any atom is -0.342 e. The van der Waals surface area contributed by atoms with Gasteiger partial charge in [-0.05, 0) is 40.0 Å². The summed E-state index contributed by atoms with van der Waals surface area (Å²) in [4.78, 5) is 19.5. The summed E-state index contributed by atoms with van der Waals surface area (Å²) in [6.45, 7) is 9.41. The predicted molar refractivity (Wildman–Crippen MR) is 102 cm³/mol. The lowest BCUT2D eigenvalue weighted by molar-refractivity contribution is -0.131. The maximum absolute atomic E-state index is 12.8. The Labute approximate surface area is 151 Å². The van der Waals surface area contributed by atoms with Gasteiger partial charge in [0.2, 0.25) is 5.91 Å². The summed E-state index contributed by atoms with van der Waals surface area (Å²) in [7, 11) is 1.98. The normalized spacial score (nSPS) is 17.0. The van der Waals surface area contributed by atoms with E-state index in [1.54, 1.807) is 11.8 Å². The fourth-order valence-corrected chi connectivity index (χ4v) is 4.57. The van der Waals surface area contributed by atoms with Crippen molar-refractivity contribution < 1.29 is 4.79 Å². The number of thioether (sulfide) groups is 1. The van der Waals surface area contributed by atoms with Crippen LogP contribution in [0.25, 0.3) is 0 Å². The van der Waals surface area contributed by atoms with E-state index in [0.29, 0.717) is 6.04 Å². The van der Waals surface area contributed by atoms with Gasteiger partial charge in [0, 0.05) is 25.3 Å². The number of rotatable bonds is 7. The van der Waals surface area contributed by atoms with Crippen LogP contribution in [-0.4, -0.2) is 38.7 Å². The maximum atomic E-state index is 12.8. The summed E-state index contributed by atoms with van der Waals surface area (Å²) in [5, 5.41) is 0.912. The SMILES string of the molecule is CCCCn1c(SC(C)C(=O)N(C)C2CCCCC2)nc(C)c1C. The zero-order valence-corrected chi connectivity index (χ0v) is 16.8. The Kier molecular flexibility index (Phi) is 7.20. The second kappa shape index (κ2) is 8.93. The van der Waals surface area contributed by atoms with Crippen molar-refractivity contribution in [3.63, 3.8) is 0 Å². The third-order valence-electron chi connectivity index (χ3n) is 5.26. The van der Waals surface area contributed by atoms with Crippen molar-refractivity contribution in [1.29, 1.82) is 0 Å².